The van der Waals surface area contributed by atoms with Crippen LogP contribution in [0.4, 0.5) is 0 Å². The van der Waals surface area contributed by atoms with E-state index in [1.165, 1.54) is 0 Å². The Bertz CT molecular complexity index is 291. The summed E-state index contributed by atoms with van der Waals surface area (Å²) >= 11 is 0. The molecule has 0 aromatic heterocycles. The fraction of sp³-hybridized carbons (Fsp3) is 0.944. The highest BCUT2D eigenvalue weighted by Crippen LogP contribution is 2.21. The van der Waals surface area contributed by atoms with Crippen molar-refractivity contribution in [2.75, 3.05) is 0 Å². The number of carbonyl (C=O) groups is 1. The van der Waals surface area contributed by atoms with E-state index >= 15 is 0 Å². The molecule has 0 aromatic carbocycles. The number of carboxylic acid groups (broad SMARTS) is 1. The topological polar surface area (TPSA) is 98.0 Å². The number of aliphatic hydroxyl groups is 3. The lowest BCUT2D eigenvalue weighted by atomic mass is 9.97. The summed E-state index contributed by atoms with van der Waals surface area (Å²) < 4.78 is 0. The van der Waals surface area contributed by atoms with E-state index in [1.54, 1.807) is 0 Å². The predicted molar refractivity (Wildman–Crippen MR) is 91.1 cm³/mol. The Kier molecular flexibility index (Phi) is 13.4. The van der Waals surface area contributed by atoms with Crippen molar-refractivity contribution >= 4 is 5.97 Å². The Morgan fingerprint density at radius 3 is 2.09 bits per heavy atom. The van der Waals surface area contributed by atoms with Gasteiger partial charge in [-0.25, -0.2) is 0 Å². The van der Waals surface area contributed by atoms with Crippen molar-refractivity contribution in [2.45, 2.75) is 109 Å². The summed E-state index contributed by atoms with van der Waals surface area (Å²) in [6.07, 6.45) is 10.1. The van der Waals surface area contributed by atoms with E-state index in [4.69, 9.17) is 5.11 Å². The minimum absolute atomic E-state index is 0.0255. The smallest absolute Gasteiger partial charge is 0.303 e. The lowest BCUT2D eigenvalue weighted by Gasteiger charge is -2.24. The van der Waals surface area contributed by atoms with Gasteiger partial charge in [0.2, 0.25) is 0 Å². The normalized spacial score (nSPS) is 13.2. The van der Waals surface area contributed by atoms with Gasteiger partial charge < -0.3 is 20.4 Å². The fourth-order valence-corrected chi connectivity index (χ4v) is 2.78. The summed E-state index contributed by atoms with van der Waals surface area (Å²) in [7, 11) is 0. The molecular weight excluding hydrogens is 296 g/mol. The Balaban J connectivity index is 3.57. The molecule has 0 saturated heterocycles. The highest BCUT2D eigenvalue weighted by molar-refractivity contribution is 5.66. The standard InChI is InChI=1S/C18H36O5/c1-2-3-4-9-12-16(19)15-18(22,23)14-11-8-6-5-7-10-13-17(20)21/h16,19,22-23H,2-15H2,1H3,(H,20,21). The van der Waals surface area contributed by atoms with Crippen LogP contribution in [0, 0.1) is 0 Å². The molecule has 0 saturated carbocycles. The van der Waals surface area contributed by atoms with Gasteiger partial charge in [0.15, 0.2) is 5.79 Å². The quantitative estimate of drug-likeness (QED) is 0.256. The molecule has 5 heteroatoms. The second-order valence-electron chi connectivity index (χ2n) is 6.70. The number of hydrogen-bond donors (Lipinski definition) is 4. The molecule has 0 aliphatic carbocycles. The zero-order valence-electron chi connectivity index (χ0n) is 14.7. The second kappa shape index (κ2) is 13.8. The van der Waals surface area contributed by atoms with Gasteiger partial charge in [-0.15, -0.1) is 0 Å². The van der Waals surface area contributed by atoms with Gasteiger partial charge in [0.25, 0.3) is 0 Å². The first-order valence-electron chi connectivity index (χ1n) is 9.22. The number of unbranched alkanes of at least 4 members (excludes halogenated alkanes) is 8. The number of carboxylic acids is 1. The molecule has 0 aliphatic heterocycles. The number of rotatable bonds is 16. The molecule has 0 spiro atoms. The minimum Gasteiger partial charge on any atom is -0.481 e. The zero-order chi connectivity index (χ0) is 17.6. The third-order valence-electron chi connectivity index (χ3n) is 4.17. The van der Waals surface area contributed by atoms with Crippen LogP contribution in [0.2, 0.25) is 0 Å². The van der Waals surface area contributed by atoms with Crippen molar-refractivity contribution in [2.24, 2.45) is 0 Å². The van der Waals surface area contributed by atoms with Gasteiger partial charge in [0.05, 0.1) is 6.10 Å². The van der Waals surface area contributed by atoms with Gasteiger partial charge in [-0.2, -0.15) is 0 Å². The maximum Gasteiger partial charge on any atom is 0.303 e. The molecule has 0 amide bonds. The van der Waals surface area contributed by atoms with E-state index < -0.39 is 17.9 Å². The van der Waals surface area contributed by atoms with Crippen LogP contribution in [0.15, 0.2) is 0 Å². The van der Waals surface area contributed by atoms with Crippen LogP contribution in [0.3, 0.4) is 0 Å². The Labute approximate surface area is 140 Å². The molecule has 0 aromatic rings. The van der Waals surface area contributed by atoms with Crippen LogP contribution in [0.1, 0.15) is 96.8 Å². The molecule has 4 N–H and O–H groups in total. The van der Waals surface area contributed by atoms with Crippen molar-refractivity contribution in [3.63, 3.8) is 0 Å². The maximum absolute atomic E-state index is 10.4. The highest BCUT2D eigenvalue weighted by Gasteiger charge is 2.25. The Morgan fingerprint density at radius 2 is 1.48 bits per heavy atom. The van der Waals surface area contributed by atoms with Crippen LogP contribution in [-0.4, -0.2) is 38.3 Å². The van der Waals surface area contributed by atoms with Crippen molar-refractivity contribution in [1.29, 1.82) is 0 Å². The number of aliphatic carboxylic acids is 1. The minimum atomic E-state index is -1.77. The molecule has 0 fully saturated rings. The van der Waals surface area contributed by atoms with E-state index in [-0.39, 0.29) is 19.3 Å². The van der Waals surface area contributed by atoms with Crippen molar-refractivity contribution in [3.8, 4) is 0 Å². The van der Waals surface area contributed by atoms with E-state index in [9.17, 15) is 20.1 Å². The Morgan fingerprint density at radius 1 is 0.913 bits per heavy atom. The van der Waals surface area contributed by atoms with Crippen molar-refractivity contribution in [1.82, 2.24) is 0 Å². The molecule has 0 aliphatic rings. The zero-order valence-corrected chi connectivity index (χ0v) is 14.7. The van der Waals surface area contributed by atoms with Crippen molar-refractivity contribution in [3.05, 3.63) is 0 Å². The summed E-state index contributed by atoms with van der Waals surface area (Å²) in [6.45, 7) is 2.13. The third-order valence-corrected chi connectivity index (χ3v) is 4.17. The van der Waals surface area contributed by atoms with Crippen LogP contribution in [-0.2, 0) is 4.79 Å². The summed E-state index contributed by atoms with van der Waals surface area (Å²) in [5.41, 5.74) is 0. The van der Waals surface area contributed by atoms with Crippen molar-refractivity contribution < 1.29 is 25.2 Å². The number of hydrogen-bond acceptors (Lipinski definition) is 4. The predicted octanol–water partition coefficient (Wildman–Crippen LogP) is 3.59. The van der Waals surface area contributed by atoms with E-state index in [2.05, 4.69) is 6.92 Å². The summed E-state index contributed by atoms with van der Waals surface area (Å²) in [6, 6.07) is 0. The van der Waals surface area contributed by atoms with Crippen LogP contribution in [0.5, 0.6) is 0 Å². The molecule has 1 atom stereocenters. The van der Waals surface area contributed by atoms with Crippen LogP contribution < -0.4 is 0 Å². The van der Waals surface area contributed by atoms with E-state index in [0.717, 1.165) is 51.4 Å². The monoisotopic (exact) mass is 332 g/mol. The lowest BCUT2D eigenvalue weighted by molar-refractivity contribution is -0.186. The molecule has 5 nitrogen and oxygen atoms in total. The van der Waals surface area contributed by atoms with Crippen LogP contribution >= 0.6 is 0 Å². The summed E-state index contributed by atoms with van der Waals surface area (Å²) in [4.78, 5) is 10.4. The third kappa shape index (κ3) is 16.0. The molecule has 1 unspecified atom stereocenters. The second-order valence-corrected chi connectivity index (χ2v) is 6.70. The molecular formula is C18H36O5. The van der Waals surface area contributed by atoms with E-state index in [1.807, 2.05) is 0 Å². The SMILES string of the molecule is CCCCCCC(O)CC(O)(O)CCCCCCCCC(=O)O. The molecule has 138 valence electrons. The van der Waals surface area contributed by atoms with Crippen LogP contribution in [0.25, 0.3) is 0 Å². The molecule has 0 heterocycles. The molecule has 0 radical (unpaired) electrons. The van der Waals surface area contributed by atoms with Gasteiger partial charge in [-0.3, -0.25) is 4.79 Å². The van der Waals surface area contributed by atoms with Gasteiger partial charge in [0.1, 0.15) is 0 Å². The maximum atomic E-state index is 10.4. The van der Waals surface area contributed by atoms with Gasteiger partial charge in [-0.05, 0) is 19.3 Å². The fourth-order valence-electron chi connectivity index (χ4n) is 2.78. The molecule has 23 heavy (non-hydrogen) atoms. The molecule has 0 rings (SSSR count). The largest absolute Gasteiger partial charge is 0.481 e. The molecule has 0 bridgehead atoms. The lowest BCUT2D eigenvalue weighted by Crippen LogP contribution is -2.33. The average Bonchev–Trinajstić information content (AvgIpc) is 2.45. The average molecular weight is 332 g/mol. The highest BCUT2D eigenvalue weighted by atomic mass is 16.5. The van der Waals surface area contributed by atoms with Gasteiger partial charge in [0, 0.05) is 19.3 Å². The summed E-state index contributed by atoms with van der Waals surface area (Å²) in [5.74, 6) is -2.52. The van der Waals surface area contributed by atoms with E-state index in [0.29, 0.717) is 19.3 Å². The number of aliphatic hydroxyl groups excluding tert-OH is 1. The van der Waals surface area contributed by atoms with Gasteiger partial charge in [-0.1, -0.05) is 58.3 Å². The first-order chi connectivity index (χ1) is 10.9. The van der Waals surface area contributed by atoms with Gasteiger partial charge >= 0.3 is 5.97 Å². The Hall–Kier alpha value is -0.650. The summed E-state index contributed by atoms with van der Waals surface area (Å²) in [5, 5.41) is 38.2. The first kappa shape index (κ1) is 22.4. The first-order valence-corrected chi connectivity index (χ1v) is 9.22.